The minimum atomic E-state index is -0.00417. The molecular formula is C20H21N5O2. The number of fused-ring (bicyclic) bond motifs is 2. The molecule has 1 saturated heterocycles. The summed E-state index contributed by atoms with van der Waals surface area (Å²) < 4.78 is 7.35. The molecule has 0 amide bonds. The smallest absolute Gasteiger partial charge is 0.261 e. The number of para-hydroxylation sites is 1. The molecule has 1 unspecified atom stereocenters. The molecule has 138 valence electrons. The Morgan fingerprint density at radius 2 is 2.11 bits per heavy atom. The summed E-state index contributed by atoms with van der Waals surface area (Å²) >= 11 is 0. The third-order valence-electron chi connectivity index (χ3n) is 5.58. The lowest BCUT2D eigenvalue weighted by atomic mass is 10.1. The monoisotopic (exact) mass is 363 g/mol. The van der Waals surface area contributed by atoms with Gasteiger partial charge in [-0.3, -0.25) is 9.36 Å². The van der Waals surface area contributed by atoms with E-state index in [1.807, 2.05) is 31.3 Å². The molecule has 5 rings (SSSR count). The molecule has 0 aliphatic carbocycles. The van der Waals surface area contributed by atoms with Crippen molar-refractivity contribution in [1.29, 1.82) is 0 Å². The van der Waals surface area contributed by atoms with Crippen LogP contribution in [-0.2, 0) is 24.8 Å². The lowest BCUT2D eigenvalue weighted by Crippen LogP contribution is -2.32. The van der Waals surface area contributed by atoms with Gasteiger partial charge in [-0.15, -0.1) is 0 Å². The molecule has 3 aromatic rings. The van der Waals surface area contributed by atoms with Crippen molar-refractivity contribution in [3.05, 3.63) is 58.0 Å². The Balaban J connectivity index is 1.63. The SMILES string of the molecule is Cn1c(C2CCCN2c2ncnc3c2COCC3)nc2ccccc2c1=O. The van der Waals surface area contributed by atoms with Crippen LogP contribution in [0, 0.1) is 0 Å². The molecule has 7 nitrogen and oxygen atoms in total. The predicted octanol–water partition coefficient (Wildman–Crippen LogP) is 2.14. The van der Waals surface area contributed by atoms with Crippen LogP contribution in [0.25, 0.3) is 10.9 Å². The highest BCUT2D eigenvalue weighted by molar-refractivity contribution is 5.77. The van der Waals surface area contributed by atoms with E-state index >= 15 is 0 Å². The highest BCUT2D eigenvalue weighted by Gasteiger charge is 2.33. The lowest BCUT2D eigenvalue weighted by molar-refractivity contribution is 0.109. The summed E-state index contributed by atoms with van der Waals surface area (Å²) in [7, 11) is 1.81. The van der Waals surface area contributed by atoms with Crippen molar-refractivity contribution in [2.24, 2.45) is 7.05 Å². The van der Waals surface area contributed by atoms with Gasteiger partial charge in [0.15, 0.2) is 0 Å². The van der Waals surface area contributed by atoms with Gasteiger partial charge in [-0.05, 0) is 25.0 Å². The van der Waals surface area contributed by atoms with Crippen molar-refractivity contribution >= 4 is 16.7 Å². The van der Waals surface area contributed by atoms with Crippen LogP contribution in [-0.4, -0.2) is 32.7 Å². The fourth-order valence-corrected chi connectivity index (χ4v) is 4.21. The molecule has 2 aliphatic heterocycles. The van der Waals surface area contributed by atoms with E-state index in [0.717, 1.165) is 54.2 Å². The van der Waals surface area contributed by atoms with Gasteiger partial charge in [-0.25, -0.2) is 15.0 Å². The van der Waals surface area contributed by atoms with Gasteiger partial charge in [-0.1, -0.05) is 12.1 Å². The quantitative estimate of drug-likeness (QED) is 0.695. The second-order valence-corrected chi connectivity index (χ2v) is 7.13. The topological polar surface area (TPSA) is 73.1 Å². The Morgan fingerprint density at radius 3 is 3.04 bits per heavy atom. The number of hydrogen-bond acceptors (Lipinski definition) is 6. The van der Waals surface area contributed by atoms with Gasteiger partial charge in [0, 0.05) is 25.6 Å². The van der Waals surface area contributed by atoms with Crippen molar-refractivity contribution < 1.29 is 4.74 Å². The summed E-state index contributed by atoms with van der Waals surface area (Å²) in [4.78, 5) is 29.0. The molecule has 2 aliphatic rings. The first-order chi connectivity index (χ1) is 13.2. The number of ether oxygens (including phenoxy) is 1. The van der Waals surface area contributed by atoms with Gasteiger partial charge in [-0.2, -0.15) is 0 Å². The van der Waals surface area contributed by atoms with Crippen LogP contribution in [0.15, 0.2) is 35.4 Å². The zero-order chi connectivity index (χ0) is 18.4. The highest BCUT2D eigenvalue weighted by Crippen LogP contribution is 2.37. The van der Waals surface area contributed by atoms with Crippen molar-refractivity contribution in [2.45, 2.75) is 31.9 Å². The predicted molar refractivity (Wildman–Crippen MR) is 102 cm³/mol. The molecule has 7 heteroatoms. The van der Waals surface area contributed by atoms with Gasteiger partial charge in [0.05, 0.1) is 35.9 Å². The van der Waals surface area contributed by atoms with Crippen molar-refractivity contribution in [1.82, 2.24) is 19.5 Å². The maximum absolute atomic E-state index is 12.8. The summed E-state index contributed by atoms with van der Waals surface area (Å²) in [6.45, 7) is 2.13. The van der Waals surface area contributed by atoms with Gasteiger partial charge in [0.25, 0.3) is 5.56 Å². The first-order valence-electron chi connectivity index (χ1n) is 9.37. The van der Waals surface area contributed by atoms with Crippen molar-refractivity contribution in [2.75, 3.05) is 18.1 Å². The number of anilines is 1. The molecular weight excluding hydrogens is 342 g/mol. The van der Waals surface area contributed by atoms with Crippen LogP contribution in [0.1, 0.15) is 36.0 Å². The Hall–Kier alpha value is -2.80. The first-order valence-corrected chi connectivity index (χ1v) is 9.37. The van der Waals surface area contributed by atoms with E-state index in [9.17, 15) is 4.79 Å². The molecule has 0 N–H and O–H groups in total. The summed E-state index contributed by atoms with van der Waals surface area (Å²) in [5.74, 6) is 1.71. The van der Waals surface area contributed by atoms with Crippen molar-refractivity contribution in [3.63, 3.8) is 0 Å². The van der Waals surface area contributed by atoms with E-state index in [4.69, 9.17) is 9.72 Å². The fraction of sp³-hybridized carbons (Fsp3) is 0.400. The number of nitrogens with zero attached hydrogens (tertiary/aromatic N) is 5. The fourth-order valence-electron chi connectivity index (χ4n) is 4.21. The molecule has 1 aromatic carbocycles. The van der Waals surface area contributed by atoms with Gasteiger partial charge >= 0.3 is 0 Å². The minimum Gasteiger partial charge on any atom is -0.376 e. The van der Waals surface area contributed by atoms with Crippen LogP contribution in [0.5, 0.6) is 0 Å². The average Bonchev–Trinajstić information content (AvgIpc) is 3.19. The molecule has 4 heterocycles. The van der Waals surface area contributed by atoms with Gasteiger partial charge in [0.2, 0.25) is 0 Å². The Morgan fingerprint density at radius 1 is 1.22 bits per heavy atom. The minimum absolute atomic E-state index is 0.00417. The van der Waals surface area contributed by atoms with E-state index in [1.165, 1.54) is 0 Å². The zero-order valence-corrected chi connectivity index (χ0v) is 15.3. The number of aromatic nitrogens is 4. The van der Waals surface area contributed by atoms with E-state index in [0.29, 0.717) is 18.6 Å². The Bertz CT molecular complexity index is 1080. The van der Waals surface area contributed by atoms with E-state index in [2.05, 4.69) is 14.9 Å². The molecule has 1 fully saturated rings. The van der Waals surface area contributed by atoms with Crippen LogP contribution in [0.4, 0.5) is 5.82 Å². The molecule has 0 bridgehead atoms. The third kappa shape index (κ3) is 2.61. The lowest BCUT2D eigenvalue weighted by Gasteiger charge is -2.30. The molecule has 0 spiro atoms. The third-order valence-corrected chi connectivity index (χ3v) is 5.58. The molecule has 27 heavy (non-hydrogen) atoms. The van der Waals surface area contributed by atoms with E-state index in [-0.39, 0.29) is 11.6 Å². The summed E-state index contributed by atoms with van der Waals surface area (Å²) in [6, 6.07) is 7.55. The Kier molecular flexibility index (Phi) is 3.89. The Labute approximate surface area is 156 Å². The molecule has 1 atom stereocenters. The first kappa shape index (κ1) is 16.4. The van der Waals surface area contributed by atoms with E-state index in [1.54, 1.807) is 10.9 Å². The second kappa shape index (κ2) is 6.42. The number of benzene rings is 1. The van der Waals surface area contributed by atoms with Crippen LogP contribution >= 0.6 is 0 Å². The summed E-state index contributed by atoms with van der Waals surface area (Å²) in [5, 5.41) is 0.654. The largest absolute Gasteiger partial charge is 0.376 e. The summed E-state index contributed by atoms with van der Waals surface area (Å²) in [6.07, 6.45) is 4.43. The average molecular weight is 363 g/mol. The molecule has 0 saturated carbocycles. The van der Waals surface area contributed by atoms with Crippen LogP contribution in [0.2, 0.25) is 0 Å². The maximum atomic E-state index is 12.8. The van der Waals surface area contributed by atoms with Gasteiger partial charge < -0.3 is 9.64 Å². The van der Waals surface area contributed by atoms with Crippen molar-refractivity contribution in [3.8, 4) is 0 Å². The number of hydrogen-bond donors (Lipinski definition) is 0. The molecule has 0 radical (unpaired) electrons. The number of rotatable bonds is 2. The van der Waals surface area contributed by atoms with Crippen LogP contribution in [0.3, 0.4) is 0 Å². The maximum Gasteiger partial charge on any atom is 0.261 e. The van der Waals surface area contributed by atoms with Crippen LogP contribution < -0.4 is 10.5 Å². The standard InChI is InChI=1S/C20H21N5O2/c1-24-19(23-16-6-3-2-5-13(16)20(24)26)17-7-4-9-25(17)18-14-11-27-10-8-15(14)21-12-22-18/h2-3,5-6,12,17H,4,7-11H2,1H3. The van der Waals surface area contributed by atoms with Gasteiger partial charge in [0.1, 0.15) is 18.0 Å². The summed E-state index contributed by atoms with van der Waals surface area (Å²) in [5.41, 5.74) is 2.88. The highest BCUT2D eigenvalue weighted by atomic mass is 16.5. The normalized spacial score (nSPS) is 19.4. The zero-order valence-electron chi connectivity index (χ0n) is 15.3. The van der Waals surface area contributed by atoms with E-state index < -0.39 is 0 Å². The second-order valence-electron chi connectivity index (χ2n) is 7.13. The molecule has 2 aromatic heterocycles.